The van der Waals surface area contributed by atoms with Gasteiger partial charge >= 0.3 is 0 Å². The molecule has 2 rings (SSSR count). The second-order valence-corrected chi connectivity index (χ2v) is 13.8. The van der Waals surface area contributed by atoms with Crippen LogP contribution >= 0.6 is 11.3 Å². The fourth-order valence-electron chi connectivity index (χ4n) is 6.38. The van der Waals surface area contributed by atoms with Crippen LogP contribution < -0.4 is 0 Å². The number of phenols is 1. The van der Waals surface area contributed by atoms with Gasteiger partial charge in [-0.3, -0.25) is 4.90 Å². The Labute approximate surface area is 265 Å². The maximum absolute atomic E-state index is 10.9. The minimum absolute atomic E-state index is 0.159. The maximum atomic E-state index is 10.9. The minimum atomic E-state index is 0.159. The van der Waals surface area contributed by atoms with E-state index in [1.165, 1.54) is 159 Å². The monoisotopic (exact) mass is 597 g/mol. The summed E-state index contributed by atoms with van der Waals surface area (Å²) in [5.41, 5.74) is 1.07. The summed E-state index contributed by atoms with van der Waals surface area (Å²) < 4.78 is 0. The van der Waals surface area contributed by atoms with E-state index in [1.807, 2.05) is 23.5 Å². The predicted molar refractivity (Wildman–Crippen MR) is 188 cm³/mol. The fourth-order valence-corrected chi connectivity index (χ4v) is 7.25. The molecule has 0 radical (unpaired) electrons. The van der Waals surface area contributed by atoms with Gasteiger partial charge in [0.1, 0.15) is 5.75 Å². The molecule has 240 valence electrons. The Bertz CT molecular complexity index is 807. The zero-order valence-electron chi connectivity index (χ0n) is 27.8. The van der Waals surface area contributed by atoms with Gasteiger partial charge in [-0.2, -0.15) is 0 Å². The van der Waals surface area contributed by atoms with E-state index in [0.717, 1.165) is 18.7 Å². The lowest BCUT2D eigenvalue weighted by Gasteiger charge is -2.32. The fraction of sp³-hybridized carbons (Fsp3) is 0.744. The molecule has 1 heterocycles. The van der Waals surface area contributed by atoms with Crippen molar-refractivity contribution in [2.45, 2.75) is 174 Å². The van der Waals surface area contributed by atoms with Crippen molar-refractivity contribution in [3.63, 3.8) is 0 Å². The van der Waals surface area contributed by atoms with E-state index in [2.05, 4.69) is 48.4 Å². The quantitative estimate of drug-likeness (QED) is 0.0943. The molecule has 0 bridgehead atoms. The molecule has 42 heavy (non-hydrogen) atoms. The third-order valence-corrected chi connectivity index (χ3v) is 9.93. The van der Waals surface area contributed by atoms with Crippen molar-refractivity contribution < 1.29 is 5.11 Å². The van der Waals surface area contributed by atoms with Gasteiger partial charge in [-0.25, -0.2) is 0 Å². The molecule has 0 aliphatic heterocycles. The number of thiophene rings is 1. The van der Waals surface area contributed by atoms with Crippen LogP contribution in [0, 0.1) is 0 Å². The average Bonchev–Trinajstić information content (AvgIpc) is 3.53. The van der Waals surface area contributed by atoms with Crippen molar-refractivity contribution in [3.8, 4) is 5.75 Å². The first-order chi connectivity index (χ1) is 20.8. The van der Waals surface area contributed by atoms with Gasteiger partial charge in [0, 0.05) is 10.4 Å². The van der Waals surface area contributed by atoms with Crippen molar-refractivity contribution in [3.05, 3.63) is 52.2 Å². The summed E-state index contributed by atoms with van der Waals surface area (Å²) in [4.78, 5) is 4.04. The lowest BCUT2D eigenvalue weighted by atomic mass is 10.0. The number of rotatable bonds is 29. The molecule has 1 unspecified atom stereocenters. The third-order valence-electron chi connectivity index (χ3n) is 9.01. The topological polar surface area (TPSA) is 23.5 Å². The summed E-state index contributed by atoms with van der Waals surface area (Å²) in [6, 6.07) is 12.6. The Morgan fingerprint density at radius 2 is 0.929 bits per heavy atom. The zero-order valence-corrected chi connectivity index (χ0v) is 28.6. The zero-order chi connectivity index (χ0) is 29.9. The summed E-state index contributed by atoms with van der Waals surface area (Å²) in [6.45, 7) is 6.83. The van der Waals surface area contributed by atoms with Gasteiger partial charge < -0.3 is 5.11 Å². The summed E-state index contributed by atoms with van der Waals surface area (Å²) in [7, 11) is 0. The molecular formula is C39H67NOS. The number of benzene rings is 1. The highest BCUT2D eigenvalue weighted by Gasteiger charge is 2.25. The molecule has 2 nitrogen and oxygen atoms in total. The molecule has 0 amide bonds. The lowest BCUT2D eigenvalue weighted by molar-refractivity contribution is 0.214. The lowest BCUT2D eigenvalue weighted by Crippen LogP contribution is -2.31. The summed E-state index contributed by atoms with van der Waals surface area (Å²) >= 11 is 1.83. The largest absolute Gasteiger partial charge is 0.508 e. The van der Waals surface area contributed by atoms with Crippen molar-refractivity contribution in [2.75, 3.05) is 13.1 Å². The maximum Gasteiger partial charge on any atom is 0.120 e. The molecule has 2 aromatic rings. The van der Waals surface area contributed by atoms with E-state index in [9.17, 15) is 5.11 Å². The van der Waals surface area contributed by atoms with E-state index in [-0.39, 0.29) is 6.04 Å². The van der Waals surface area contributed by atoms with Crippen LogP contribution in [-0.4, -0.2) is 23.1 Å². The smallest absolute Gasteiger partial charge is 0.120 e. The molecule has 1 atom stereocenters. The first-order valence-corrected chi connectivity index (χ1v) is 19.2. The Balaban J connectivity index is 1.76. The molecule has 0 aliphatic carbocycles. The van der Waals surface area contributed by atoms with Crippen LogP contribution in [-0.2, 0) is 0 Å². The van der Waals surface area contributed by atoms with Gasteiger partial charge in [0.05, 0.1) is 6.04 Å². The number of nitrogens with zero attached hydrogens (tertiary/aromatic N) is 1. The van der Waals surface area contributed by atoms with E-state index in [1.54, 1.807) is 0 Å². The van der Waals surface area contributed by atoms with E-state index in [0.29, 0.717) is 5.75 Å². The van der Waals surface area contributed by atoms with Crippen LogP contribution in [0.25, 0.3) is 0 Å². The van der Waals surface area contributed by atoms with Gasteiger partial charge in [-0.15, -0.1) is 11.3 Å². The molecule has 1 aromatic carbocycles. The van der Waals surface area contributed by atoms with Crippen LogP contribution in [0.2, 0.25) is 0 Å². The second-order valence-electron chi connectivity index (χ2n) is 12.8. The van der Waals surface area contributed by atoms with Crippen molar-refractivity contribution in [1.29, 1.82) is 0 Å². The molecule has 0 saturated heterocycles. The number of hydrogen-bond donors (Lipinski definition) is 1. The molecule has 0 aliphatic rings. The number of para-hydroxylation sites is 1. The number of unbranched alkanes of at least 4 members (excludes halogenated alkanes) is 22. The first-order valence-electron chi connectivity index (χ1n) is 18.3. The summed E-state index contributed by atoms with van der Waals surface area (Å²) in [6.07, 6.45) is 33.3. The molecule has 0 saturated carbocycles. The second kappa shape index (κ2) is 26.1. The molecule has 1 N–H and O–H groups in total. The summed E-state index contributed by atoms with van der Waals surface area (Å²) in [5.74, 6) is 0.435. The Kier molecular flexibility index (Phi) is 22.9. The summed E-state index contributed by atoms with van der Waals surface area (Å²) in [5, 5.41) is 13.0. The molecule has 3 heteroatoms. The Morgan fingerprint density at radius 3 is 1.31 bits per heavy atom. The SMILES string of the molecule is CCCCCCCCCCCCCCN(CCCCCCCCCCCCCC)C(c1cccs1)c1ccccc1O. The van der Waals surface area contributed by atoms with Crippen LogP contribution in [0.15, 0.2) is 41.8 Å². The van der Waals surface area contributed by atoms with Crippen molar-refractivity contribution in [2.24, 2.45) is 0 Å². The molecule has 0 fully saturated rings. The van der Waals surface area contributed by atoms with Gasteiger partial charge in [0.2, 0.25) is 0 Å². The molecule has 1 aromatic heterocycles. The van der Waals surface area contributed by atoms with Crippen molar-refractivity contribution >= 4 is 11.3 Å². The number of phenolic OH excluding ortho intramolecular Hbond substituents is 1. The van der Waals surface area contributed by atoms with Gasteiger partial charge in [-0.05, 0) is 43.4 Å². The number of hydrogen-bond acceptors (Lipinski definition) is 3. The molecular weight excluding hydrogens is 531 g/mol. The van der Waals surface area contributed by atoms with Crippen LogP contribution in [0.3, 0.4) is 0 Å². The van der Waals surface area contributed by atoms with Crippen molar-refractivity contribution in [1.82, 2.24) is 4.90 Å². The highest BCUT2D eigenvalue weighted by Crippen LogP contribution is 2.37. The van der Waals surface area contributed by atoms with E-state index < -0.39 is 0 Å². The van der Waals surface area contributed by atoms with Crippen LogP contribution in [0.5, 0.6) is 5.75 Å². The Hall–Kier alpha value is -1.32. The van der Waals surface area contributed by atoms with Crippen LogP contribution in [0.1, 0.15) is 184 Å². The highest BCUT2D eigenvalue weighted by atomic mass is 32.1. The van der Waals surface area contributed by atoms with Gasteiger partial charge in [0.15, 0.2) is 0 Å². The van der Waals surface area contributed by atoms with E-state index in [4.69, 9.17) is 0 Å². The normalized spacial score (nSPS) is 12.4. The third kappa shape index (κ3) is 17.1. The minimum Gasteiger partial charge on any atom is -0.508 e. The molecule has 0 spiro atoms. The van der Waals surface area contributed by atoms with E-state index >= 15 is 0 Å². The van der Waals surface area contributed by atoms with Gasteiger partial charge in [-0.1, -0.05) is 179 Å². The highest BCUT2D eigenvalue weighted by molar-refractivity contribution is 7.10. The number of aromatic hydroxyl groups is 1. The first kappa shape index (κ1) is 36.9. The Morgan fingerprint density at radius 1 is 0.524 bits per heavy atom. The average molecular weight is 598 g/mol. The predicted octanol–water partition coefficient (Wildman–Crippen LogP) is 13.2. The standard InChI is InChI=1S/C39H67NOS/c1-3-5-7-9-11-13-15-17-19-21-23-27-33-40(34-28-24-22-20-18-16-14-12-10-8-6-4-2)39(38-32-29-35-42-38)36-30-25-26-31-37(36)41/h25-26,29-32,35,39,41H,3-24,27-28,33-34H2,1-2H3. The van der Waals surface area contributed by atoms with Crippen LogP contribution in [0.4, 0.5) is 0 Å². The van der Waals surface area contributed by atoms with Gasteiger partial charge in [0.25, 0.3) is 0 Å².